The number of carbonyl (C=O) groups excluding carboxylic acids is 1. The van der Waals surface area contributed by atoms with Crippen molar-refractivity contribution in [3.63, 3.8) is 0 Å². The predicted octanol–water partition coefficient (Wildman–Crippen LogP) is 2.01. The second kappa shape index (κ2) is 7.25. The first-order valence-electron chi connectivity index (χ1n) is 6.22. The molecule has 0 saturated heterocycles. The van der Waals surface area contributed by atoms with Crippen LogP contribution in [0, 0.1) is 6.92 Å². The summed E-state index contributed by atoms with van der Waals surface area (Å²) in [6.45, 7) is 4.50. The van der Waals surface area contributed by atoms with Gasteiger partial charge >= 0.3 is 6.03 Å². The molecule has 1 aromatic rings. The van der Waals surface area contributed by atoms with Gasteiger partial charge in [0.1, 0.15) is 0 Å². The molecule has 0 fully saturated rings. The van der Waals surface area contributed by atoms with Gasteiger partial charge < -0.3 is 21.6 Å². The molecule has 19 heavy (non-hydrogen) atoms. The first kappa shape index (κ1) is 14.8. The summed E-state index contributed by atoms with van der Waals surface area (Å²) in [4.78, 5) is 11.7. The standard InChI is InChI=1S/C13H20N4O2/c1-3-4-8-15-13(18)16-10-7-5-6-9(2)11(10)12(14)17-19/h5-7,19H,3-4,8H2,1-2H3,(H2,14,17)(H2,15,16,18). The van der Waals surface area contributed by atoms with Gasteiger partial charge in [-0.15, -0.1) is 0 Å². The van der Waals surface area contributed by atoms with E-state index in [9.17, 15) is 4.79 Å². The van der Waals surface area contributed by atoms with Gasteiger partial charge in [0, 0.05) is 12.1 Å². The number of anilines is 1. The highest BCUT2D eigenvalue weighted by molar-refractivity contribution is 6.06. The molecule has 0 aliphatic carbocycles. The molecule has 5 N–H and O–H groups in total. The van der Waals surface area contributed by atoms with E-state index in [0.29, 0.717) is 17.8 Å². The number of amidine groups is 1. The summed E-state index contributed by atoms with van der Waals surface area (Å²) in [5, 5.41) is 17.2. The van der Waals surface area contributed by atoms with E-state index in [0.717, 1.165) is 18.4 Å². The molecule has 6 heteroatoms. The van der Waals surface area contributed by atoms with Crippen LogP contribution in [0.25, 0.3) is 0 Å². The third-order valence-corrected chi connectivity index (χ3v) is 2.70. The zero-order valence-corrected chi connectivity index (χ0v) is 11.2. The van der Waals surface area contributed by atoms with Crippen LogP contribution in [-0.4, -0.2) is 23.6 Å². The summed E-state index contributed by atoms with van der Waals surface area (Å²) >= 11 is 0. The maximum Gasteiger partial charge on any atom is 0.319 e. The van der Waals surface area contributed by atoms with E-state index < -0.39 is 0 Å². The number of unbranched alkanes of at least 4 members (excludes halogenated alkanes) is 1. The molecule has 0 aromatic heterocycles. The van der Waals surface area contributed by atoms with Crippen molar-refractivity contribution in [2.45, 2.75) is 26.7 Å². The molecule has 0 aliphatic rings. The van der Waals surface area contributed by atoms with Crippen LogP contribution in [0.15, 0.2) is 23.4 Å². The molecule has 6 nitrogen and oxygen atoms in total. The molecule has 0 atom stereocenters. The highest BCUT2D eigenvalue weighted by atomic mass is 16.4. The second-order valence-electron chi connectivity index (χ2n) is 4.22. The second-order valence-corrected chi connectivity index (χ2v) is 4.22. The van der Waals surface area contributed by atoms with Crippen molar-refractivity contribution < 1.29 is 10.0 Å². The Balaban J connectivity index is 2.83. The lowest BCUT2D eigenvalue weighted by Gasteiger charge is -2.13. The van der Waals surface area contributed by atoms with Crippen molar-refractivity contribution in [1.82, 2.24) is 5.32 Å². The fourth-order valence-electron chi connectivity index (χ4n) is 1.71. The van der Waals surface area contributed by atoms with Crippen LogP contribution in [0.5, 0.6) is 0 Å². The number of aryl methyl sites for hydroxylation is 1. The maximum absolute atomic E-state index is 11.7. The molecular formula is C13H20N4O2. The molecule has 0 spiro atoms. The van der Waals surface area contributed by atoms with Crippen LogP contribution in [-0.2, 0) is 0 Å². The van der Waals surface area contributed by atoms with Crippen LogP contribution in [0.4, 0.5) is 10.5 Å². The van der Waals surface area contributed by atoms with Gasteiger partial charge in [0.15, 0.2) is 5.84 Å². The average Bonchev–Trinajstić information content (AvgIpc) is 2.38. The molecule has 0 bridgehead atoms. The summed E-state index contributed by atoms with van der Waals surface area (Å²) in [7, 11) is 0. The fourth-order valence-corrected chi connectivity index (χ4v) is 1.71. The van der Waals surface area contributed by atoms with Crippen molar-refractivity contribution in [1.29, 1.82) is 0 Å². The minimum absolute atomic E-state index is 0.0260. The zero-order chi connectivity index (χ0) is 14.3. The van der Waals surface area contributed by atoms with Gasteiger partial charge in [-0.2, -0.15) is 0 Å². The Morgan fingerprint density at radius 3 is 2.84 bits per heavy atom. The molecule has 0 saturated carbocycles. The largest absolute Gasteiger partial charge is 0.409 e. The Morgan fingerprint density at radius 1 is 1.47 bits per heavy atom. The third kappa shape index (κ3) is 4.17. The number of amides is 2. The number of nitrogens with two attached hydrogens (primary N) is 1. The normalized spacial score (nSPS) is 11.2. The number of hydrogen-bond acceptors (Lipinski definition) is 3. The molecule has 1 rings (SSSR count). The number of benzene rings is 1. The Morgan fingerprint density at radius 2 is 2.21 bits per heavy atom. The van der Waals surface area contributed by atoms with Crippen LogP contribution in [0.1, 0.15) is 30.9 Å². The van der Waals surface area contributed by atoms with Crippen molar-refractivity contribution in [2.24, 2.45) is 10.9 Å². The minimum atomic E-state index is -0.300. The fraction of sp³-hybridized carbons (Fsp3) is 0.385. The molecule has 0 heterocycles. The first-order chi connectivity index (χ1) is 9.10. The first-order valence-corrected chi connectivity index (χ1v) is 6.22. The predicted molar refractivity (Wildman–Crippen MR) is 75.6 cm³/mol. The minimum Gasteiger partial charge on any atom is -0.409 e. The van der Waals surface area contributed by atoms with E-state index in [4.69, 9.17) is 10.9 Å². The topological polar surface area (TPSA) is 99.7 Å². The van der Waals surface area contributed by atoms with Gasteiger partial charge in [-0.3, -0.25) is 0 Å². The Labute approximate surface area is 112 Å². The van der Waals surface area contributed by atoms with E-state index in [1.54, 1.807) is 12.1 Å². The van der Waals surface area contributed by atoms with Crippen LogP contribution >= 0.6 is 0 Å². The SMILES string of the molecule is CCCCNC(=O)Nc1cccc(C)c1/C(N)=N/O. The lowest BCUT2D eigenvalue weighted by Crippen LogP contribution is -2.30. The molecule has 2 amide bonds. The highest BCUT2D eigenvalue weighted by Gasteiger charge is 2.12. The Kier molecular flexibility index (Phi) is 5.66. The lowest BCUT2D eigenvalue weighted by molar-refractivity contribution is 0.252. The van der Waals surface area contributed by atoms with E-state index in [-0.39, 0.29) is 11.9 Å². The van der Waals surface area contributed by atoms with Crippen molar-refractivity contribution in [3.8, 4) is 0 Å². The van der Waals surface area contributed by atoms with Gasteiger partial charge in [-0.1, -0.05) is 30.6 Å². The zero-order valence-electron chi connectivity index (χ0n) is 11.2. The quantitative estimate of drug-likeness (QED) is 0.215. The van der Waals surface area contributed by atoms with Crippen molar-refractivity contribution in [2.75, 3.05) is 11.9 Å². The molecular weight excluding hydrogens is 244 g/mol. The number of nitrogens with zero attached hydrogens (tertiary/aromatic N) is 1. The van der Waals surface area contributed by atoms with E-state index in [1.165, 1.54) is 0 Å². The summed E-state index contributed by atoms with van der Waals surface area (Å²) in [6.07, 6.45) is 1.94. The number of rotatable bonds is 5. The lowest BCUT2D eigenvalue weighted by atomic mass is 10.1. The number of nitrogens with one attached hydrogen (secondary N) is 2. The number of urea groups is 1. The van der Waals surface area contributed by atoms with E-state index in [1.807, 2.05) is 13.0 Å². The smallest absolute Gasteiger partial charge is 0.319 e. The molecule has 0 unspecified atom stereocenters. The van der Waals surface area contributed by atoms with Gasteiger partial charge in [-0.05, 0) is 25.0 Å². The molecule has 0 aliphatic heterocycles. The van der Waals surface area contributed by atoms with E-state index in [2.05, 4.69) is 22.7 Å². The summed E-state index contributed by atoms with van der Waals surface area (Å²) in [5.41, 5.74) is 7.48. The molecule has 104 valence electrons. The van der Waals surface area contributed by atoms with E-state index >= 15 is 0 Å². The van der Waals surface area contributed by atoms with Crippen LogP contribution in [0.2, 0.25) is 0 Å². The Hall–Kier alpha value is -2.24. The van der Waals surface area contributed by atoms with Gasteiger partial charge in [0.25, 0.3) is 0 Å². The van der Waals surface area contributed by atoms with Crippen molar-refractivity contribution in [3.05, 3.63) is 29.3 Å². The number of carbonyl (C=O) groups is 1. The van der Waals surface area contributed by atoms with Crippen LogP contribution < -0.4 is 16.4 Å². The van der Waals surface area contributed by atoms with Crippen molar-refractivity contribution >= 4 is 17.6 Å². The number of hydrogen-bond donors (Lipinski definition) is 4. The van der Waals surface area contributed by atoms with Gasteiger partial charge in [0.2, 0.25) is 0 Å². The summed E-state index contributed by atoms with van der Waals surface area (Å²) in [6, 6.07) is 5.03. The summed E-state index contributed by atoms with van der Waals surface area (Å²) in [5.74, 6) is -0.0260. The monoisotopic (exact) mass is 264 g/mol. The highest BCUT2D eigenvalue weighted by Crippen LogP contribution is 2.19. The third-order valence-electron chi connectivity index (χ3n) is 2.70. The summed E-state index contributed by atoms with van der Waals surface area (Å²) < 4.78 is 0. The maximum atomic E-state index is 11.7. The van der Waals surface area contributed by atoms with Gasteiger partial charge in [-0.25, -0.2) is 4.79 Å². The molecule has 1 aromatic carbocycles. The van der Waals surface area contributed by atoms with Gasteiger partial charge in [0.05, 0.1) is 5.69 Å². The molecule has 0 radical (unpaired) electrons. The Bertz CT molecular complexity index is 472. The van der Waals surface area contributed by atoms with Crippen LogP contribution in [0.3, 0.4) is 0 Å². The number of oxime groups is 1. The average molecular weight is 264 g/mol.